The summed E-state index contributed by atoms with van der Waals surface area (Å²) in [4.78, 5) is 19.5. The number of nitrogens with zero attached hydrogens (tertiary/aromatic N) is 2. The lowest BCUT2D eigenvalue weighted by Crippen LogP contribution is -2.47. The normalized spacial score (nSPS) is 18.1. The number of benzene rings is 1. The summed E-state index contributed by atoms with van der Waals surface area (Å²) in [5.41, 5.74) is 3.92. The first kappa shape index (κ1) is 22.7. The summed E-state index contributed by atoms with van der Waals surface area (Å²) in [6.07, 6.45) is 6.09. The van der Waals surface area contributed by atoms with Gasteiger partial charge in [-0.25, -0.2) is 0 Å². The molecule has 1 atom stereocenters. The largest absolute Gasteiger partial charge is 0.459 e. The second-order valence-corrected chi connectivity index (χ2v) is 10.4. The fraction of sp³-hybridized carbons (Fsp3) is 0.423. The third-order valence-corrected chi connectivity index (χ3v) is 8.34. The van der Waals surface area contributed by atoms with Crippen molar-refractivity contribution in [2.24, 2.45) is 0 Å². The van der Waals surface area contributed by atoms with Crippen LogP contribution in [0, 0.1) is 0 Å². The van der Waals surface area contributed by atoms with E-state index in [0.717, 1.165) is 55.6 Å². The molecule has 3 aromatic rings. The molecular formula is C26H30ClN3O2S. The summed E-state index contributed by atoms with van der Waals surface area (Å²) in [7, 11) is 0. The second kappa shape index (κ2) is 10.0. The average Bonchev–Trinajstić information content (AvgIpc) is 3.50. The number of likely N-dealkylation sites (N-methyl/N-ethyl adjacent to an activating group) is 1. The van der Waals surface area contributed by atoms with E-state index in [1.807, 2.05) is 12.1 Å². The molecule has 1 saturated heterocycles. The Hall–Kier alpha value is -2.12. The maximum Gasteiger partial charge on any atom is 0.291 e. The van der Waals surface area contributed by atoms with Gasteiger partial charge in [0.1, 0.15) is 5.00 Å². The van der Waals surface area contributed by atoms with E-state index in [9.17, 15) is 4.79 Å². The molecule has 5 rings (SSSR count). The zero-order valence-corrected chi connectivity index (χ0v) is 20.6. The van der Waals surface area contributed by atoms with Crippen LogP contribution in [0.3, 0.4) is 0 Å². The van der Waals surface area contributed by atoms with Crippen molar-refractivity contribution in [3.8, 4) is 0 Å². The van der Waals surface area contributed by atoms with Gasteiger partial charge in [-0.15, -0.1) is 11.3 Å². The number of aryl methyl sites for hydroxylation is 1. The molecule has 2 aromatic heterocycles. The molecule has 2 aliphatic rings. The summed E-state index contributed by atoms with van der Waals surface area (Å²) in [5, 5.41) is 4.92. The van der Waals surface area contributed by atoms with Crippen molar-refractivity contribution >= 4 is 33.8 Å². The lowest BCUT2D eigenvalue weighted by molar-refractivity contribution is 0.0995. The van der Waals surface area contributed by atoms with Crippen molar-refractivity contribution in [1.82, 2.24) is 9.80 Å². The molecule has 0 saturated carbocycles. The first-order valence-electron chi connectivity index (χ1n) is 11.8. The highest BCUT2D eigenvalue weighted by Gasteiger charge is 2.33. The maximum atomic E-state index is 13.0. The average molecular weight is 484 g/mol. The first-order chi connectivity index (χ1) is 16.1. The molecule has 0 bridgehead atoms. The van der Waals surface area contributed by atoms with Crippen molar-refractivity contribution in [1.29, 1.82) is 0 Å². The quantitative estimate of drug-likeness (QED) is 0.477. The zero-order chi connectivity index (χ0) is 22.8. The van der Waals surface area contributed by atoms with E-state index in [2.05, 4.69) is 34.2 Å². The van der Waals surface area contributed by atoms with Gasteiger partial charge in [0, 0.05) is 41.6 Å². The van der Waals surface area contributed by atoms with Crippen LogP contribution in [0.1, 0.15) is 57.9 Å². The number of amides is 1. The van der Waals surface area contributed by atoms with Crippen LogP contribution in [0.2, 0.25) is 5.02 Å². The van der Waals surface area contributed by atoms with Gasteiger partial charge in [0.25, 0.3) is 5.91 Å². The number of carbonyl (C=O) groups is 1. The molecule has 1 aliphatic heterocycles. The Labute approximate surface area is 204 Å². The number of thiophene rings is 1. The van der Waals surface area contributed by atoms with Crippen LogP contribution < -0.4 is 5.32 Å². The fourth-order valence-electron chi connectivity index (χ4n) is 5.09. The minimum Gasteiger partial charge on any atom is -0.459 e. The van der Waals surface area contributed by atoms with Crippen molar-refractivity contribution in [2.75, 3.05) is 38.0 Å². The summed E-state index contributed by atoms with van der Waals surface area (Å²) in [5.74, 6) is 0.150. The van der Waals surface area contributed by atoms with Crippen molar-refractivity contribution in [3.05, 3.63) is 75.0 Å². The summed E-state index contributed by atoms with van der Waals surface area (Å²) < 4.78 is 5.37. The Kier molecular flexibility index (Phi) is 6.88. The number of rotatable bonds is 6. The minimum absolute atomic E-state index is 0.0891. The molecule has 1 fully saturated rings. The van der Waals surface area contributed by atoms with Gasteiger partial charge < -0.3 is 14.6 Å². The number of piperazine rings is 1. The van der Waals surface area contributed by atoms with Crippen LogP contribution in [0.15, 0.2) is 47.1 Å². The fourth-order valence-corrected chi connectivity index (χ4v) is 6.53. The lowest BCUT2D eigenvalue weighted by atomic mass is 9.88. The number of nitrogens with one attached hydrogen (secondary N) is 1. The predicted molar refractivity (Wildman–Crippen MR) is 135 cm³/mol. The van der Waals surface area contributed by atoms with Gasteiger partial charge in [0.2, 0.25) is 0 Å². The Morgan fingerprint density at radius 1 is 1.12 bits per heavy atom. The van der Waals surface area contributed by atoms with Crippen LogP contribution in [-0.2, 0) is 12.8 Å². The van der Waals surface area contributed by atoms with Crippen LogP contribution in [0.5, 0.6) is 0 Å². The van der Waals surface area contributed by atoms with Gasteiger partial charge >= 0.3 is 0 Å². The number of hydrogen-bond acceptors (Lipinski definition) is 5. The molecule has 1 N–H and O–H groups in total. The van der Waals surface area contributed by atoms with Gasteiger partial charge in [0.05, 0.1) is 12.3 Å². The molecule has 1 aliphatic carbocycles. The molecule has 0 radical (unpaired) electrons. The highest BCUT2D eigenvalue weighted by molar-refractivity contribution is 7.16. The van der Waals surface area contributed by atoms with Crippen molar-refractivity contribution < 1.29 is 9.21 Å². The lowest BCUT2D eigenvalue weighted by Gasteiger charge is -2.40. The number of fused-ring (bicyclic) bond motifs is 1. The van der Waals surface area contributed by atoms with E-state index in [4.69, 9.17) is 16.0 Å². The molecule has 0 spiro atoms. The monoisotopic (exact) mass is 483 g/mol. The molecular weight excluding hydrogens is 454 g/mol. The molecule has 7 heteroatoms. The molecule has 174 valence electrons. The minimum atomic E-state index is -0.189. The summed E-state index contributed by atoms with van der Waals surface area (Å²) in [6.45, 7) is 7.41. The highest BCUT2D eigenvalue weighted by atomic mass is 35.5. The van der Waals surface area contributed by atoms with Crippen molar-refractivity contribution in [3.63, 3.8) is 0 Å². The van der Waals surface area contributed by atoms with Gasteiger partial charge in [-0.3, -0.25) is 9.69 Å². The third kappa shape index (κ3) is 4.76. The van der Waals surface area contributed by atoms with Gasteiger partial charge in [-0.1, -0.05) is 30.7 Å². The molecule has 0 unspecified atom stereocenters. The third-order valence-electron chi connectivity index (χ3n) is 6.86. The van der Waals surface area contributed by atoms with E-state index in [1.54, 1.807) is 29.7 Å². The van der Waals surface area contributed by atoms with Crippen LogP contribution in [0.25, 0.3) is 0 Å². The zero-order valence-electron chi connectivity index (χ0n) is 19.0. The SMILES string of the molecule is CCN1CCN([C@@H](c2ccc(Cl)cc2)c2c(NC(=O)c3ccco3)sc3c2CCCC3)CC1. The predicted octanol–water partition coefficient (Wildman–Crippen LogP) is 5.85. The summed E-state index contributed by atoms with van der Waals surface area (Å²) >= 11 is 8.00. The number of carbonyl (C=O) groups excluding carboxylic acids is 1. The van der Waals surface area contributed by atoms with Crippen molar-refractivity contribution in [2.45, 2.75) is 38.6 Å². The molecule has 33 heavy (non-hydrogen) atoms. The Morgan fingerprint density at radius 3 is 2.58 bits per heavy atom. The van der Waals surface area contributed by atoms with Gasteiger partial charge in [-0.05, 0) is 67.6 Å². The number of anilines is 1. The number of hydrogen-bond donors (Lipinski definition) is 1. The van der Waals surface area contributed by atoms with E-state index in [1.165, 1.54) is 34.4 Å². The van der Waals surface area contributed by atoms with E-state index >= 15 is 0 Å². The van der Waals surface area contributed by atoms with E-state index < -0.39 is 0 Å². The number of furan rings is 1. The van der Waals surface area contributed by atoms with Crippen LogP contribution >= 0.6 is 22.9 Å². The smallest absolute Gasteiger partial charge is 0.291 e. The summed E-state index contributed by atoms with van der Waals surface area (Å²) in [6, 6.07) is 11.8. The van der Waals surface area contributed by atoms with Crippen LogP contribution in [-0.4, -0.2) is 48.4 Å². The van der Waals surface area contributed by atoms with Crippen LogP contribution in [0.4, 0.5) is 5.00 Å². The van der Waals surface area contributed by atoms with Gasteiger partial charge in [0.15, 0.2) is 5.76 Å². The highest BCUT2D eigenvalue weighted by Crippen LogP contribution is 2.46. The Morgan fingerprint density at radius 2 is 1.88 bits per heavy atom. The molecule has 3 heterocycles. The maximum absolute atomic E-state index is 13.0. The molecule has 1 aromatic carbocycles. The second-order valence-electron chi connectivity index (χ2n) is 8.81. The topological polar surface area (TPSA) is 48.7 Å². The molecule has 5 nitrogen and oxygen atoms in total. The Balaban J connectivity index is 1.58. The standard InChI is InChI=1S/C26H30ClN3O2S/c1-2-29-13-15-30(16-14-29)24(18-9-11-19(27)12-10-18)23-20-6-3-4-8-22(20)33-26(23)28-25(31)21-7-5-17-32-21/h5,7,9-12,17,24H,2-4,6,8,13-16H2,1H3,(H,28,31)/t24-/m0/s1. The van der Waals surface area contributed by atoms with E-state index in [0.29, 0.717) is 5.76 Å². The van der Waals surface area contributed by atoms with Gasteiger partial charge in [-0.2, -0.15) is 0 Å². The molecule has 1 amide bonds. The van der Waals surface area contributed by atoms with E-state index in [-0.39, 0.29) is 11.9 Å². The first-order valence-corrected chi connectivity index (χ1v) is 13.0. The number of halogens is 1. The Bertz CT molecular complexity index is 1090.